The van der Waals surface area contributed by atoms with Gasteiger partial charge in [0.25, 0.3) is 0 Å². The molecule has 1 heterocycles. The van der Waals surface area contributed by atoms with Crippen molar-refractivity contribution in [1.29, 1.82) is 0 Å². The maximum Gasteiger partial charge on any atom is 0.189 e. The third-order valence-electron chi connectivity index (χ3n) is 2.84. The molecule has 2 aromatic rings. The van der Waals surface area contributed by atoms with E-state index >= 15 is 0 Å². The van der Waals surface area contributed by atoms with E-state index in [0.29, 0.717) is 0 Å². The molecule has 1 aromatic heterocycles. The number of fused-ring (bicyclic) bond motifs is 1. The Hall–Kier alpha value is -1.19. The molecule has 3 heteroatoms. The Morgan fingerprint density at radius 3 is 2.82 bits per heavy atom. The minimum absolute atomic E-state index is 0.171. The van der Waals surface area contributed by atoms with E-state index in [9.17, 15) is 4.79 Å². The van der Waals surface area contributed by atoms with Gasteiger partial charge in [0.2, 0.25) is 0 Å². The summed E-state index contributed by atoms with van der Waals surface area (Å²) in [5, 5.41) is 2.03. The number of carbonyl (C=O) groups excluding carboxylic acids is 1. The molecule has 0 radical (unpaired) electrons. The average Bonchev–Trinajstić information content (AvgIpc) is 2.86. The Bertz CT molecular complexity index is 625. The van der Waals surface area contributed by atoms with Gasteiger partial charge in [0, 0.05) is 32.3 Å². The molecule has 1 nitrogen and oxygen atoms in total. The number of Topliss-reactive ketones (excluding diaryl/α,β-unsaturated/α-hetero) is 1. The number of hydrogen-bond acceptors (Lipinski definition) is 2. The van der Waals surface area contributed by atoms with Crippen LogP contribution >= 0.6 is 27.3 Å². The quantitative estimate of drug-likeness (QED) is 0.717. The fourth-order valence-corrected chi connectivity index (χ4v) is 3.45. The van der Waals surface area contributed by atoms with Crippen LogP contribution in [0.1, 0.15) is 20.8 Å². The highest BCUT2D eigenvalue weighted by Crippen LogP contribution is 2.29. The van der Waals surface area contributed by atoms with Gasteiger partial charge in [-0.15, -0.1) is 11.3 Å². The molecule has 0 amide bonds. The fraction of sp³-hybridized carbons (Fsp3) is 0.0714. The predicted octanol–water partition coefficient (Wildman–Crippen LogP) is 4.33. The summed E-state index contributed by atoms with van der Waals surface area (Å²) < 4.78 is 1.07. The summed E-state index contributed by atoms with van der Waals surface area (Å²) in [6.45, 7) is 0. The third kappa shape index (κ3) is 2.01. The second-order valence-corrected chi connectivity index (χ2v) is 5.86. The van der Waals surface area contributed by atoms with Gasteiger partial charge in [0.15, 0.2) is 5.78 Å². The monoisotopic (exact) mass is 304 g/mol. The molecule has 0 atom stereocenters. The van der Waals surface area contributed by atoms with Crippen LogP contribution in [-0.2, 0) is 6.42 Å². The minimum atomic E-state index is 0.171. The summed E-state index contributed by atoms with van der Waals surface area (Å²) in [4.78, 5) is 13.3. The lowest BCUT2D eigenvalue weighted by Gasteiger charge is -1.92. The molecule has 0 saturated carbocycles. The molecule has 0 saturated heterocycles. The number of halogens is 1. The van der Waals surface area contributed by atoms with Gasteiger partial charge in [-0.1, -0.05) is 24.3 Å². The first kappa shape index (κ1) is 10.9. The number of benzene rings is 1. The zero-order chi connectivity index (χ0) is 11.8. The van der Waals surface area contributed by atoms with E-state index in [2.05, 4.69) is 15.9 Å². The molecule has 0 unspecified atom stereocenters. The molecular weight excluding hydrogens is 296 g/mol. The molecule has 0 bridgehead atoms. The van der Waals surface area contributed by atoms with Gasteiger partial charge in [0.1, 0.15) is 0 Å². The van der Waals surface area contributed by atoms with Crippen LogP contribution < -0.4 is 0 Å². The number of hydrogen-bond donors (Lipinski definition) is 0. The van der Waals surface area contributed by atoms with Crippen LogP contribution in [0, 0.1) is 0 Å². The normalized spacial score (nSPS) is 16.5. The standard InChI is InChI=1S/C14H9BrOS/c15-11-7-12(17-8-11)6-10-5-9-3-1-2-4-13(9)14(10)16/h1-4,6-8H,5H2/b10-6+. The van der Waals surface area contributed by atoms with Crippen molar-refractivity contribution in [3.8, 4) is 0 Å². The maximum atomic E-state index is 12.1. The van der Waals surface area contributed by atoms with Crippen LogP contribution in [0.25, 0.3) is 6.08 Å². The van der Waals surface area contributed by atoms with Crippen LogP contribution in [-0.4, -0.2) is 5.78 Å². The zero-order valence-corrected chi connectivity index (χ0v) is 11.3. The van der Waals surface area contributed by atoms with E-state index in [4.69, 9.17) is 0 Å². The summed E-state index contributed by atoms with van der Waals surface area (Å²) in [6.07, 6.45) is 2.75. The molecular formula is C14H9BrOS. The van der Waals surface area contributed by atoms with Crippen molar-refractivity contribution >= 4 is 39.1 Å². The molecule has 0 fully saturated rings. The van der Waals surface area contributed by atoms with Gasteiger partial charge in [0.05, 0.1) is 0 Å². The van der Waals surface area contributed by atoms with Crippen LogP contribution in [0.5, 0.6) is 0 Å². The Kier molecular flexibility index (Phi) is 2.73. The second kappa shape index (κ2) is 4.24. The lowest BCUT2D eigenvalue weighted by molar-refractivity contribution is 0.104. The fourth-order valence-electron chi connectivity index (χ4n) is 2.05. The average molecular weight is 305 g/mol. The van der Waals surface area contributed by atoms with Crippen molar-refractivity contribution in [2.75, 3.05) is 0 Å². The Labute approximate surface area is 112 Å². The Balaban J connectivity index is 1.99. The molecule has 84 valence electrons. The van der Waals surface area contributed by atoms with Crippen molar-refractivity contribution in [2.45, 2.75) is 6.42 Å². The predicted molar refractivity (Wildman–Crippen MR) is 74.5 cm³/mol. The third-order valence-corrected chi connectivity index (χ3v) is 4.48. The lowest BCUT2D eigenvalue weighted by Crippen LogP contribution is -1.94. The minimum Gasteiger partial charge on any atom is -0.289 e. The van der Waals surface area contributed by atoms with Gasteiger partial charge in [-0.25, -0.2) is 0 Å². The summed E-state index contributed by atoms with van der Waals surface area (Å²) in [5.74, 6) is 0.171. The first-order valence-corrected chi connectivity index (χ1v) is 6.98. The van der Waals surface area contributed by atoms with Crippen LogP contribution in [0.4, 0.5) is 0 Å². The molecule has 3 rings (SSSR count). The maximum absolute atomic E-state index is 12.1. The van der Waals surface area contributed by atoms with Crippen molar-refractivity contribution in [3.05, 3.63) is 61.8 Å². The number of allylic oxidation sites excluding steroid dienone is 1. The van der Waals surface area contributed by atoms with E-state index in [-0.39, 0.29) is 5.78 Å². The Morgan fingerprint density at radius 1 is 1.29 bits per heavy atom. The van der Waals surface area contributed by atoms with E-state index in [1.807, 2.05) is 41.8 Å². The molecule has 0 N–H and O–H groups in total. The van der Waals surface area contributed by atoms with Gasteiger partial charge in [-0.05, 0) is 33.6 Å². The highest BCUT2D eigenvalue weighted by molar-refractivity contribution is 9.10. The molecule has 17 heavy (non-hydrogen) atoms. The van der Waals surface area contributed by atoms with E-state index in [1.54, 1.807) is 11.3 Å². The highest BCUT2D eigenvalue weighted by Gasteiger charge is 2.23. The van der Waals surface area contributed by atoms with Gasteiger partial charge in [-0.2, -0.15) is 0 Å². The number of thiophene rings is 1. The van der Waals surface area contributed by atoms with Crippen LogP contribution in [0.15, 0.2) is 45.8 Å². The molecule has 1 aromatic carbocycles. The molecule has 1 aliphatic rings. The van der Waals surface area contributed by atoms with E-state index in [0.717, 1.165) is 32.5 Å². The molecule has 0 spiro atoms. The number of ketones is 1. The first-order valence-electron chi connectivity index (χ1n) is 5.31. The summed E-state index contributed by atoms with van der Waals surface area (Å²) in [6, 6.07) is 9.87. The van der Waals surface area contributed by atoms with Gasteiger partial charge >= 0.3 is 0 Å². The lowest BCUT2D eigenvalue weighted by atomic mass is 10.1. The SMILES string of the molecule is O=C1/C(=C/c2cc(Br)cs2)Cc2ccccc21. The van der Waals surface area contributed by atoms with Crippen molar-refractivity contribution in [3.63, 3.8) is 0 Å². The van der Waals surface area contributed by atoms with Crippen LogP contribution in [0.3, 0.4) is 0 Å². The number of rotatable bonds is 1. The topological polar surface area (TPSA) is 17.1 Å². The summed E-state index contributed by atoms with van der Waals surface area (Å²) in [7, 11) is 0. The van der Waals surface area contributed by atoms with Crippen LogP contribution in [0.2, 0.25) is 0 Å². The molecule has 0 aliphatic heterocycles. The second-order valence-electron chi connectivity index (χ2n) is 4.00. The molecule has 1 aliphatic carbocycles. The smallest absolute Gasteiger partial charge is 0.189 e. The van der Waals surface area contributed by atoms with E-state index in [1.165, 1.54) is 0 Å². The van der Waals surface area contributed by atoms with Crippen molar-refractivity contribution in [1.82, 2.24) is 0 Å². The van der Waals surface area contributed by atoms with Crippen molar-refractivity contribution in [2.24, 2.45) is 0 Å². The zero-order valence-electron chi connectivity index (χ0n) is 8.94. The van der Waals surface area contributed by atoms with Crippen molar-refractivity contribution < 1.29 is 4.79 Å². The van der Waals surface area contributed by atoms with Gasteiger partial charge in [-0.3, -0.25) is 4.79 Å². The highest BCUT2D eigenvalue weighted by atomic mass is 79.9. The van der Waals surface area contributed by atoms with E-state index < -0.39 is 0 Å². The Morgan fingerprint density at radius 2 is 2.12 bits per heavy atom. The van der Waals surface area contributed by atoms with Gasteiger partial charge < -0.3 is 0 Å². The first-order chi connectivity index (χ1) is 8.24. The number of carbonyl (C=O) groups is 1. The largest absolute Gasteiger partial charge is 0.289 e. The summed E-state index contributed by atoms with van der Waals surface area (Å²) >= 11 is 5.06. The summed E-state index contributed by atoms with van der Waals surface area (Å²) in [5.41, 5.74) is 2.88.